The van der Waals surface area contributed by atoms with Crippen LogP contribution in [0, 0.1) is 0 Å². The molecule has 0 aliphatic heterocycles. The van der Waals surface area contributed by atoms with Crippen molar-refractivity contribution in [2.75, 3.05) is 0 Å². The van der Waals surface area contributed by atoms with E-state index in [9.17, 15) is 4.79 Å². The van der Waals surface area contributed by atoms with E-state index in [0.29, 0.717) is 5.69 Å². The van der Waals surface area contributed by atoms with Crippen molar-refractivity contribution in [2.45, 2.75) is 32.9 Å². The molecule has 4 heteroatoms. The molecule has 2 aromatic heterocycles. The van der Waals surface area contributed by atoms with E-state index in [0.717, 1.165) is 5.56 Å². The summed E-state index contributed by atoms with van der Waals surface area (Å²) in [6.07, 6.45) is 5.42. The second-order valence-electron chi connectivity index (χ2n) is 4.88. The molecule has 0 saturated carbocycles. The molecule has 4 nitrogen and oxygen atoms in total. The van der Waals surface area contributed by atoms with Gasteiger partial charge in [-0.15, -0.1) is 0 Å². The van der Waals surface area contributed by atoms with Crippen molar-refractivity contribution in [3.05, 3.63) is 54.1 Å². The number of rotatable bonds is 4. The zero-order valence-corrected chi connectivity index (χ0v) is 11.5. The van der Waals surface area contributed by atoms with Crippen LogP contribution in [0.15, 0.2) is 42.9 Å². The van der Waals surface area contributed by atoms with Crippen molar-refractivity contribution in [3.63, 3.8) is 0 Å². The lowest BCUT2D eigenvalue weighted by Crippen LogP contribution is -2.29. The number of pyridine rings is 1. The predicted molar refractivity (Wildman–Crippen MR) is 74.9 cm³/mol. The molecule has 1 amide bonds. The van der Waals surface area contributed by atoms with E-state index in [1.807, 2.05) is 42.0 Å². The molecule has 0 radical (unpaired) electrons. The van der Waals surface area contributed by atoms with Crippen LogP contribution in [0.2, 0.25) is 0 Å². The summed E-state index contributed by atoms with van der Waals surface area (Å²) in [5, 5.41) is 2.99. The van der Waals surface area contributed by atoms with Crippen molar-refractivity contribution in [1.29, 1.82) is 0 Å². The standard InChI is InChI=1S/C15H19N3O/c1-11(2)18-9-5-7-14(18)15(19)17-12(3)13-6-4-8-16-10-13/h4-12H,1-3H3,(H,17,19)/t12-/m1/s1. The summed E-state index contributed by atoms with van der Waals surface area (Å²) in [7, 11) is 0. The number of hydrogen-bond acceptors (Lipinski definition) is 2. The van der Waals surface area contributed by atoms with Crippen LogP contribution in [0.4, 0.5) is 0 Å². The van der Waals surface area contributed by atoms with Gasteiger partial charge in [-0.05, 0) is 44.5 Å². The molecule has 0 aliphatic carbocycles. The SMILES string of the molecule is CC(C)n1cccc1C(=O)N[C@H](C)c1cccnc1. The van der Waals surface area contributed by atoms with Crippen molar-refractivity contribution < 1.29 is 4.79 Å². The summed E-state index contributed by atoms with van der Waals surface area (Å²) >= 11 is 0. The first-order chi connectivity index (χ1) is 9.09. The van der Waals surface area contributed by atoms with Crippen molar-refractivity contribution >= 4 is 5.91 Å². The fourth-order valence-electron chi connectivity index (χ4n) is 2.02. The largest absolute Gasteiger partial charge is 0.344 e. The van der Waals surface area contributed by atoms with Gasteiger partial charge >= 0.3 is 0 Å². The molecule has 2 rings (SSSR count). The Balaban J connectivity index is 2.11. The first-order valence-electron chi connectivity index (χ1n) is 6.47. The number of carbonyl (C=O) groups is 1. The Bertz CT molecular complexity index is 546. The molecular formula is C15H19N3O. The Morgan fingerprint density at radius 3 is 2.68 bits per heavy atom. The molecule has 19 heavy (non-hydrogen) atoms. The molecule has 0 aromatic carbocycles. The molecule has 2 aromatic rings. The highest BCUT2D eigenvalue weighted by atomic mass is 16.2. The van der Waals surface area contributed by atoms with Gasteiger partial charge in [-0.3, -0.25) is 9.78 Å². The quantitative estimate of drug-likeness (QED) is 0.915. The summed E-state index contributed by atoms with van der Waals surface area (Å²) in [5.41, 5.74) is 1.68. The molecule has 0 fully saturated rings. The molecular weight excluding hydrogens is 238 g/mol. The van der Waals surface area contributed by atoms with E-state index in [-0.39, 0.29) is 18.0 Å². The van der Waals surface area contributed by atoms with Gasteiger partial charge in [0.05, 0.1) is 6.04 Å². The second kappa shape index (κ2) is 5.69. The molecule has 0 unspecified atom stereocenters. The highest BCUT2D eigenvalue weighted by Crippen LogP contribution is 2.14. The highest BCUT2D eigenvalue weighted by Gasteiger charge is 2.15. The summed E-state index contributed by atoms with van der Waals surface area (Å²) in [4.78, 5) is 16.3. The van der Waals surface area contributed by atoms with Crippen LogP contribution in [0.3, 0.4) is 0 Å². The van der Waals surface area contributed by atoms with E-state index in [2.05, 4.69) is 24.1 Å². The topological polar surface area (TPSA) is 46.9 Å². The number of aromatic nitrogens is 2. The Kier molecular flexibility index (Phi) is 4.00. The fraction of sp³-hybridized carbons (Fsp3) is 0.333. The van der Waals surface area contributed by atoms with E-state index >= 15 is 0 Å². The first-order valence-corrected chi connectivity index (χ1v) is 6.47. The highest BCUT2D eigenvalue weighted by molar-refractivity contribution is 5.93. The Morgan fingerprint density at radius 2 is 2.05 bits per heavy atom. The molecule has 0 aliphatic rings. The first kappa shape index (κ1) is 13.3. The lowest BCUT2D eigenvalue weighted by molar-refractivity contribution is 0.0929. The van der Waals surface area contributed by atoms with Crippen LogP contribution < -0.4 is 5.32 Å². The van der Waals surface area contributed by atoms with Crippen LogP contribution >= 0.6 is 0 Å². The minimum Gasteiger partial charge on any atom is -0.344 e. The smallest absolute Gasteiger partial charge is 0.268 e. The maximum absolute atomic E-state index is 12.3. The lowest BCUT2D eigenvalue weighted by Gasteiger charge is -2.16. The maximum Gasteiger partial charge on any atom is 0.268 e. The molecule has 2 heterocycles. The summed E-state index contributed by atoms with van der Waals surface area (Å²) in [6, 6.07) is 7.77. The number of nitrogens with one attached hydrogen (secondary N) is 1. The van der Waals surface area contributed by atoms with Gasteiger partial charge in [-0.2, -0.15) is 0 Å². The van der Waals surface area contributed by atoms with Crippen LogP contribution in [-0.2, 0) is 0 Å². The number of amides is 1. The molecule has 1 N–H and O–H groups in total. The molecule has 1 atom stereocenters. The van der Waals surface area contributed by atoms with E-state index in [4.69, 9.17) is 0 Å². The zero-order chi connectivity index (χ0) is 13.8. The molecule has 0 bridgehead atoms. The minimum atomic E-state index is -0.0601. The van der Waals surface area contributed by atoms with Crippen LogP contribution in [0.25, 0.3) is 0 Å². The van der Waals surface area contributed by atoms with E-state index in [1.54, 1.807) is 12.4 Å². The zero-order valence-electron chi connectivity index (χ0n) is 11.5. The van der Waals surface area contributed by atoms with Gasteiger partial charge in [0.15, 0.2) is 0 Å². The molecule has 0 spiro atoms. The third kappa shape index (κ3) is 3.02. The van der Waals surface area contributed by atoms with Gasteiger partial charge in [0.1, 0.15) is 5.69 Å². The maximum atomic E-state index is 12.3. The normalized spacial score (nSPS) is 12.4. The van der Waals surface area contributed by atoms with Gasteiger partial charge in [-0.25, -0.2) is 0 Å². The van der Waals surface area contributed by atoms with Crippen LogP contribution in [-0.4, -0.2) is 15.5 Å². The summed E-state index contributed by atoms with van der Waals surface area (Å²) < 4.78 is 1.96. The average molecular weight is 257 g/mol. The summed E-state index contributed by atoms with van der Waals surface area (Å²) in [5.74, 6) is -0.0601. The van der Waals surface area contributed by atoms with Crippen molar-refractivity contribution in [1.82, 2.24) is 14.9 Å². The number of carbonyl (C=O) groups excluding carboxylic acids is 1. The third-order valence-corrected chi connectivity index (χ3v) is 3.10. The number of hydrogen-bond donors (Lipinski definition) is 1. The Labute approximate surface area is 113 Å². The monoisotopic (exact) mass is 257 g/mol. The van der Waals surface area contributed by atoms with Gasteiger partial charge in [-0.1, -0.05) is 6.07 Å². The fourth-order valence-corrected chi connectivity index (χ4v) is 2.02. The van der Waals surface area contributed by atoms with Crippen molar-refractivity contribution in [3.8, 4) is 0 Å². The lowest BCUT2D eigenvalue weighted by atomic mass is 10.1. The van der Waals surface area contributed by atoms with Crippen LogP contribution in [0.5, 0.6) is 0 Å². The number of nitrogens with zero attached hydrogens (tertiary/aromatic N) is 2. The van der Waals surface area contributed by atoms with E-state index in [1.165, 1.54) is 0 Å². The average Bonchev–Trinajstić information content (AvgIpc) is 2.89. The van der Waals surface area contributed by atoms with Crippen LogP contribution in [0.1, 0.15) is 48.9 Å². The summed E-state index contributed by atoms with van der Waals surface area (Å²) in [6.45, 7) is 6.07. The minimum absolute atomic E-state index is 0.0586. The molecule has 100 valence electrons. The van der Waals surface area contributed by atoms with E-state index < -0.39 is 0 Å². The van der Waals surface area contributed by atoms with Gasteiger partial charge in [0.25, 0.3) is 5.91 Å². The predicted octanol–water partition coefficient (Wildman–Crippen LogP) is 2.96. The van der Waals surface area contributed by atoms with Gasteiger partial charge in [0, 0.05) is 24.6 Å². The Hall–Kier alpha value is -2.10. The van der Waals surface area contributed by atoms with Gasteiger partial charge in [0.2, 0.25) is 0 Å². The Morgan fingerprint density at radius 1 is 1.26 bits per heavy atom. The van der Waals surface area contributed by atoms with Crippen molar-refractivity contribution in [2.24, 2.45) is 0 Å². The van der Waals surface area contributed by atoms with Gasteiger partial charge < -0.3 is 9.88 Å². The third-order valence-electron chi connectivity index (χ3n) is 3.10. The second-order valence-corrected chi connectivity index (χ2v) is 4.88. The molecule has 0 saturated heterocycles.